The molecule has 3 rings (SSSR count). The molecule has 18 heavy (non-hydrogen) atoms. The van der Waals surface area contributed by atoms with Gasteiger partial charge in [-0.3, -0.25) is 0 Å². The number of H-pyrrole nitrogens is 1. The molecule has 0 radical (unpaired) electrons. The first kappa shape index (κ1) is 10.8. The van der Waals surface area contributed by atoms with Crippen molar-refractivity contribution in [2.24, 2.45) is 7.05 Å². The van der Waals surface area contributed by atoms with Gasteiger partial charge in [-0.2, -0.15) is 0 Å². The summed E-state index contributed by atoms with van der Waals surface area (Å²) in [6, 6.07) is 0. The van der Waals surface area contributed by atoms with Crippen LogP contribution in [-0.2, 0) is 20.0 Å². The third kappa shape index (κ3) is 1.92. The molecule has 3 aromatic rings. The smallest absolute Gasteiger partial charge is 0.176 e. The van der Waals surface area contributed by atoms with Gasteiger partial charge in [-0.05, 0) is 0 Å². The third-order valence-electron chi connectivity index (χ3n) is 2.88. The molecule has 0 aromatic carbocycles. The molecular formula is C12H14N6. The largest absolute Gasteiger partial charge is 0.349 e. The minimum Gasteiger partial charge on any atom is -0.349 e. The quantitative estimate of drug-likeness (QED) is 0.748. The van der Waals surface area contributed by atoms with Crippen LogP contribution in [0, 0.1) is 0 Å². The molecule has 0 aliphatic carbocycles. The molecule has 0 aliphatic heterocycles. The van der Waals surface area contributed by atoms with Gasteiger partial charge in [0.2, 0.25) is 0 Å². The van der Waals surface area contributed by atoms with Crippen molar-refractivity contribution < 1.29 is 0 Å². The number of hydrogen-bond donors (Lipinski definition) is 1. The fourth-order valence-electron chi connectivity index (χ4n) is 1.94. The molecule has 0 bridgehead atoms. The van der Waals surface area contributed by atoms with Gasteiger partial charge in [0.1, 0.15) is 5.82 Å². The van der Waals surface area contributed by atoms with Crippen molar-refractivity contribution in [1.29, 1.82) is 0 Å². The van der Waals surface area contributed by atoms with Gasteiger partial charge in [0.25, 0.3) is 0 Å². The van der Waals surface area contributed by atoms with Crippen molar-refractivity contribution in [3.63, 3.8) is 0 Å². The number of rotatable bonds is 4. The van der Waals surface area contributed by atoms with Gasteiger partial charge in [-0.25, -0.2) is 15.0 Å². The molecule has 0 saturated carbocycles. The number of aromatic nitrogens is 6. The molecular weight excluding hydrogens is 228 g/mol. The standard InChI is InChI=1S/C12H14N6/c1-17-8-5-15-11(17)12-16-6-9-18(12)7-2-10-13-3-4-14-10/h3-6,8-9H,2,7H2,1H3,(H,13,14). The Morgan fingerprint density at radius 2 is 1.89 bits per heavy atom. The van der Waals surface area contributed by atoms with E-state index in [0.717, 1.165) is 30.4 Å². The van der Waals surface area contributed by atoms with Gasteiger partial charge in [0.15, 0.2) is 11.6 Å². The predicted octanol–water partition coefficient (Wildman–Crippen LogP) is 1.25. The highest BCUT2D eigenvalue weighted by Crippen LogP contribution is 2.14. The summed E-state index contributed by atoms with van der Waals surface area (Å²) in [7, 11) is 1.97. The molecule has 0 amide bonds. The summed E-state index contributed by atoms with van der Waals surface area (Å²) in [5, 5.41) is 0. The average Bonchev–Trinajstić information content (AvgIpc) is 3.06. The van der Waals surface area contributed by atoms with Crippen LogP contribution in [0.1, 0.15) is 5.82 Å². The molecule has 92 valence electrons. The highest BCUT2D eigenvalue weighted by Gasteiger charge is 2.10. The van der Waals surface area contributed by atoms with Gasteiger partial charge in [-0.15, -0.1) is 0 Å². The Hall–Kier alpha value is -2.37. The van der Waals surface area contributed by atoms with E-state index in [-0.39, 0.29) is 0 Å². The van der Waals surface area contributed by atoms with E-state index in [1.165, 1.54) is 0 Å². The molecule has 0 atom stereocenters. The summed E-state index contributed by atoms with van der Waals surface area (Å²) >= 11 is 0. The van der Waals surface area contributed by atoms with Crippen molar-refractivity contribution in [2.45, 2.75) is 13.0 Å². The Bertz CT molecular complexity index is 619. The van der Waals surface area contributed by atoms with Crippen molar-refractivity contribution >= 4 is 0 Å². The predicted molar refractivity (Wildman–Crippen MR) is 66.7 cm³/mol. The maximum atomic E-state index is 4.37. The second-order valence-corrected chi connectivity index (χ2v) is 4.09. The highest BCUT2D eigenvalue weighted by atomic mass is 15.1. The number of aromatic amines is 1. The van der Waals surface area contributed by atoms with Gasteiger partial charge in [0, 0.05) is 57.2 Å². The zero-order chi connectivity index (χ0) is 12.4. The Kier molecular flexibility index (Phi) is 2.68. The second kappa shape index (κ2) is 4.48. The Labute approximate surface area is 104 Å². The fraction of sp³-hybridized carbons (Fsp3) is 0.250. The van der Waals surface area contributed by atoms with Crippen LogP contribution in [0.2, 0.25) is 0 Å². The van der Waals surface area contributed by atoms with E-state index in [9.17, 15) is 0 Å². The number of aryl methyl sites for hydroxylation is 3. The van der Waals surface area contributed by atoms with Crippen LogP contribution in [-0.4, -0.2) is 29.1 Å². The lowest BCUT2D eigenvalue weighted by molar-refractivity contribution is 0.676. The first-order chi connectivity index (χ1) is 8.84. The normalized spacial score (nSPS) is 10.9. The van der Waals surface area contributed by atoms with Crippen molar-refractivity contribution in [3.8, 4) is 11.6 Å². The molecule has 3 aromatic heterocycles. The average molecular weight is 242 g/mol. The minimum absolute atomic E-state index is 0.829. The molecule has 0 aliphatic rings. The lowest BCUT2D eigenvalue weighted by atomic mass is 10.4. The number of nitrogens with one attached hydrogen (secondary N) is 1. The van der Waals surface area contributed by atoms with E-state index in [0.29, 0.717) is 0 Å². The number of nitrogens with zero attached hydrogens (tertiary/aromatic N) is 5. The molecule has 0 saturated heterocycles. The Balaban J connectivity index is 1.82. The van der Waals surface area contributed by atoms with Crippen LogP contribution in [0.25, 0.3) is 11.6 Å². The van der Waals surface area contributed by atoms with Crippen molar-refractivity contribution in [3.05, 3.63) is 43.0 Å². The fourth-order valence-corrected chi connectivity index (χ4v) is 1.94. The SMILES string of the molecule is Cn1ccnc1-c1nccn1CCc1ncc[nH]1. The van der Waals surface area contributed by atoms with Gasteiger partial charge in [0.05, 0.1) is 0 Å². The lowest BCUT2D eigenvalue weighted by Gasteiger charge is -2.06. The molecule has 6 heteroatoms. The first-order valence-corrected chi connectivity index (χ1v) is 5.81. The summed E-state index contributed by atoms with van der Waals surface area (Å²) < 4.78 is 4.05. The summed E-state index contributed by atoms with van der Waals surface area (Å²) in [6.07, 6.45) is 11.9. The van der Waals surface area contributed by atoms with Crippen LogP contribution in [0.4, 0.5) is 0 Å². The topological polar surface area (TPSA) is 64.3 Å². The van der Waals surface area contributed by atoms with Gasteiger partial charge in [-0.1, -0.05) is 0 Å². The van der Waals surface area contributed by atoms with Crippen molar-refractivity contribution in [1.82, 2.24) is 29.1 Å². The van der Waals surface area contributed by atoms with Crippen LogP contribution >= 0.6 is 0 Å². The van der Waals surface area contributed by atoms with Crippen LogP contribution in [0.5, 0.6) is 0 Å². The zero-order valence-electron chi connectivity index (χ0n) is 10.1. The minimum atomic E-state index is 0.829. The summed E-state index contributed by atoms with van der Waals surface area (Å²) in [4.78, 5) is 16.0. The molecule has 0 spiro atoms. The number of imidazole rings is 3. The van der Waals surface area contributed by atoms with Crippen molar-refractivity contribution in [2.75, 3.05) is 0 Å². The maximum absolute atomic E-state index is 4.37. The number of hydrogen-bond acceptors (Lipinski definition) is 3. The van der Waals surface area contributed by atoms with Crippen LogP contribution in [0.3, 0.4) is 0 Å². The first-order valence-electron chi connectivity index (χ1n) is 5.81. The van der Waals surface area contributed by atoms with E-state index < -0.39 is 0 Å². The Morgan fingerprint density at radius 1 is 1.06 bits per heavy atom. The van der Waals surface area contributed by atoms with Crippen LogP contribution in [0.15, 0.2) is 37.2 Å². The monoisotopic (exact) mass is 242 g/mol. The van der Waals surface area contributed by atoms with E-state index in [1.807, 2.05) is 30.2 Å². The third-order valence-corrected chi connectivity index (χ3v) is 2.88. The Morgan fingerprint density at radius 3 is 2.61 bits per heavy atom. The molecule has 0 fully saturated rings. The van der Waals surface area contributed by atoms with E-state index in [2.05, 4.69) is 24.5 Å². The highest BCUT2D eigenvalue weighted by molar-refractivity contribution is 5.44. The second-order valence-electron chi connectivity index (χ2n) is 4.09. The summed E-state index contributed by atoms with van der Waals surface area (Å²) in [6.45, 7) is 0.829. The molecule has 6 nitrogen and oxygen atoms in total. The zero-order valence-corrected chi connectivity index (χ0v) is 10.1. The summed E-state index contributed by atoms with van der Waals surface area (Å²) in [5.74, 6) is 2.74. The summed E-state index contributed by atoms with van der Waals surface area (Å²) in [5.41, 5.74) is 0. The van der Waals surface area contributed by atoms with E-state index in [1.54, 1.807) is 18.6 Å². The van der Waals surface area contributed by atoms with Gasteiger partial charge < -0.3 is 14.1 Å². The van der Waals surface area contributed by atoms with E-state index in [4.69, 9.17) is 0 Å². The lowest BCUT2D eigenvalue weighted by Crippen LogP contribution is -2.06. The van der Waals surface area contributed by atoms with Crippen LogP contribution < -0.4 is 0 Å². The maximum Gasteiger partial charge on any atom is 0.176 e. The van der Waals surface area contributed by atoms with Gasteiger partial charge >= 0.3 is 0 Å². The molecule has 0 unspecified atom stereocenters. The molecule has 1 N–H and O–H groups in total. The molecule has 3 heterocycles. The van der Waals surface area contributed by atoms with E-state index >= 15 is 0 Å².